The maximum Gasteiger partial charge on any atom is 0.459 e. The Morgan fingerprint density at radius 2 is 2.00 bits per heavy atom. The van der Waals surface area contributed by atoms with Crippen molar-refractivity contribution in [1.29, 1.82) is 5.26 Å². The second-order valence-corrected chi connectivity index (χ2v) is 12.9. The minimum absolute atomic E-state index is 0.0609. The van der Waals surface area contributed by atoms with Crippen LogP contribution in [0.15, 0.2) is 48.8 Å². The lowest BCUT2D eigenvalue weighted by molar-refractivity contribution is -0.146. The molecule has 1 aliphatic rings. The number of nitrogens with one attached hydrogen (secondary N) is 1. The third-order valence-electron chi connectivity index (χ3n) is 6.66. The first kappa shape index (κ1) is 31.4. The Labute approximate surface area is 242 Å². The number of anilines is 1. The Morgan fingerprint density at radius 1 is 1.29 bits per heavy atom. The standard InChI is InChI=1S/C27H35N6O8P/c1-17(25(36)38-13-12-26(2,3)4)32-42(37,41-18-8-6-5-7-9-18)39-15-27(14-28)23(35)21(34)22(40-27)19-10-11-20-24(29)30-16-31-33(19)20/h5-11,16-17,21-23,34-35H,12-13,15H2,1-4H3,(H,32,37)(H2,29,30,31)/t17-,21-,22-,23-,27+,42?/m0/s1. The minimum Gasteiger partial charge on any atom is -0.465 e. The number of nitriles is 1. The molecule has 1 unspecified atom stereocenters. The number of nitrogen functional groups attached to an aromatic ring is 1. The lowest BCUT2D eigenvalue weighted by Crippen LogP contribution is -2.46. The van der Waals surface area contributed by atoms with E-state index in [1.165, 1.54) is 29.9 Å². The van der Waals surface area contributed by atoms with Gasteiger partial charge in [-0.3, -0.25) is 9.32 Å². The smallest absolute Gasteiger partial charge is 0.459 e. The van der Waals surface area contributed by atoms with Gasteiger partial charge in [-0.15, -0.1) is 0 Å². The van der Waals surface area contributed by atoms with Crippen LogP contribution in [-0.4, -0.2) is 67.8 Å². The second-order valence-electron chi connectivity index (χ2n) is 11.2. The van der Waals surface area contributed by atoms with Crippen LogP contribution in [0.25, 0.3) is 5.52 Å². The van der Waals surface area contributed by atoms with Crippen LogP contribution < -0.4 is 15.3 Å². The van der Waals surface area contributed by atoms with E-state index in [1.807, 2.05) is 26.8 Å². The van der Waals surface area contributed by atoms with Crippen molar-refractivity contribution in [1.82, 2.24) is 19.7 Å². The van der Waals surface area contributed by atoms with Gasteiger partial charge in [0.15, 0.2) is 5.82 Å². The van der Waals surface area contributed by atoms with Crippen LogP contribution in [0.5, 0.6) is 5.75 Å². The fourth-order valence-corrected chi connectivity index (χ4v) is 5.76. The number of aliphatic hydroxyl groups is 2. The molecule has 2 aromatic heterocycles. The van der Waals surface area contributed by atoms with E-state index in [-0.39, 0.29) is 29.3 Å². The summed E-state index contributed by atoms with van der Waals surface area (Å²) in [5.74, 6) is -0.366. The number of esters is 1. The zero-order chi connectivity index (χ0) is 30.7. The Morgan fingerprint density at radius 3 is 2.67 bits per heavy atom. The van der Waals surface area contributed by atoms with Crippen LogP contribution in [0.1, 0.15) is 45.9 Å². The van der Waals surface area contributed by atoms with Gasteiger partial charge in [-0.25, -0.2) is 14.1 Å². The SMILES string of the molecule is C[C@H](NP(=O)(OC[C@@]1(C#N)O[C@@H](c2ccc3c(N)ncnn23)[C@H](O)[C@@H]1O)Oc1ccccc1)C(=O)OCCC(C)(C)C. The molecule has 0 amide bonds. The Balaban J connectivity index is 1.54. The molecule has 15 heteroatoms. The van der Waals surface area contributed by atoms with Crippen molar-refractivity contribution < 1.29 is 38.1 Å². The number of aromatic nitrogens is 3. The summed E-state index contributed by atoms with van der Waals surface area (Å²) in [5.41, 5.74) is 4.37. The highest BCUT2D eigenvalue weighted by Gasteiger charge is 2.57. The summed E-state index contributed by atoms with van der Waals surface area (Å²) in [5, 5.41) is 38.6. The lowest BCUT2D eigenvalue weighted by atomic mass is 9.93. The van der Waals surface area contributed by atoms with E-state index in [4.69, 9.17) is 24.3 Å². The van der Waals surface area contributed by atoms with Gasteiger partial charge in [0, 0.05) is 0 Å². The third kappa shape index (κ3) is 6.90. The highest BCUT2D eigenvalue weighted by Crippen LogP contribution is 2.48. The van der Waals surface area contributed by atoms with E-state index in [2.05, 4.69) is 15.2 Å². The van der Waals surface area contributed by atoms with Gasteiger partial charge in [-0.1, -0.05) is 39.0 Å². The molecule has 4 rings (SSSR count). The Bertz CT molecular complexity index is 1490. The van der Waals surface area contributed by atoms with E-state index in [9.17, 15) is 24.8 Å². The number of nitrogens with two attached hydrogens (primary N) is 1. The summed E-state index contributed by atoms with van der Waals surface area (Å²) in [4.78, 5) is 16.6. The molecule has 14 nitrogen and oxygen atoms in total. The van der Waals surface area contributed by atoms with Gasteiger partial charge >= 0.3 is 13.7 Å². The van der Waals surface area contributed by atoms with Gasteiger partial charge in [0.05, 0.1) is 12.3 Å². The van der Waals surface area contributed by atoms with E-state index < -0.39 is 50.3 Å². The van der Waals surface area contributed by atoms with Gasteiger partial charge in [-0.2, -0.15) is 15.4 Å². The zero-order valence-electron chi connectivity index (χ0n) is 23.7. The minimum atomic E-state index is -4.41. The molecule has 226 valence electrons. The molecule has 0 aliphatic carbocycles. The largest absolute Gasteiger partial charge is 0.465 e. The first-order chi connectivity index (χ1) is 19.8. The molecule has 0 saturated carbocycles. The quantitative estimate of drug-likeness (QED) is 0.184. The maximum absolute atomic E-state index is 13.9. The average Bonchev–Trinajstić information content (AvgIpc) is 3.47. The summed E-state index contributed by atoms with van der Waals surface area (Å²) in [6.45, 7) is 6.80. The van der Waals surface area contributed by atoms with Crippen LogP contribution in [0, 0.1) is 16.7 Å². The molecule has 0 spiro atoms. The van der Waals surface area contributed by atoms with Crippen molar-refractivity contribution in [3.8, 4) is 11.8 Å². The number of nitrogens with zero attached hydrogens (tertiary/aromatic N) is 4. The van der Waals surface area contributed by atoms with Crippen molar-refractivity contribution in [3.05, 3.63) is 54.5 Å². The summed E-state index contributed by atoms with van der Waals surface area (Å²) >= 11 is 0. The molecule has 5 N–H and O–H groups in total. The number of fused-ring (bicyclic) bond motifs is 1. The molecule has 1 fully saturated rings. The Hall–Kier alpha value is -3.57. The van der Waals surface area contributed by atoms with E-state index in [1.54, 1.807) is 30.3 Å². The number of aliphatic hydroxyl groups excluding tert-OH is 2. The molecular weight excluding hydrogens is 567 g/mol. The number of hydrogen-bond acceptors (Lipinski definition) is 12. The van der Waals surface area contributed by atoms with Crippen LogP contribution >= 0.6 is 7.75 Å². The van der Waals surface area contributed by atoms with E-state index in [0.29, 0.717) is 11.9 Å². The van der Waals surface area contributed by atoms with Crippen molar-refractivity contribution in [2.24, 2.45) is 5.41 Å². The van der Waals surface area contributed by atoms with E-state index in [0.717, 1.165) is 0 Å². The van der Waals surface area contributed by atoms with Crippen molar-refractivity contribution in [2.75, 3.05) is 18.9 Å². The highest BCUT2D eigenvalue weighted by atomic mass is 31.2. The summed E-state index contributed by atoms with van der Waals surface area (Å²) in [6.07, 6.45) is -2.80. The third-order valence-corrected chi connectivity index (χ3v) is 8.28. The van der Waals surface area contributed by atoms with Crippen molar-refractivity contribution in [2.45, 2.75) is 64.1 Å². The highest BCUT2D eigenvalue weighted by molar-refractivity contribution is 7.52. The molecule has 1 saturated heterocycles. The van der Waals surface area contributed by atoms with Crippen LogP contribution in [0.2, 0.25) is 0 Å². The Kier molecular flexibility index (Phi) is 9.22. The first-order valence-electron chi connectivity index (χ1n) is 13.2. The average molecular weight is 603 g/mol. The molecular formula is C27H35N6O8P. The molecule has 3 heterocycles. The molecule has 42 heavy (non-hydrogen) atoms. The van der Waals surface area contributed by atoms with Crippen molar-refractivity contribution in [3.63, 3.8) is 0 Å². The molecule has 6 atom stereocenters. The summed E-state index contributed by atoms with van der Waals surface area (Å²) in [7, 11) is -4.41. The number of benzene rings is 1. The molecule has 3 aromatic rings. The van der Waals surface area contributed by atoms with Crippen LogP contribution in [0.4, 0.5) is 5.82 Å². The van der Waals surface area contributed by atoms with E-state index >= 15 is 0 Å². The number of hydrogen-bond donors (Lipinski definition) is 4. The van der Waals surface area contributed by atoms with Gasteiger partial charge in [0.25, 0.3) is 0 Å². The van der Waals surface area contributed by atoms with Gasteiger partial charge in [0.2, 0.25) is 5.60 Å². The number of carbonyl (C=O) groups excluding carboxylic acids is 1. The topological polar surface area (TPSA) is 204 Å². The molecule has 0 radical (unpaired) electrons. The molecule has 1 aliphatic heterocycles. The molecule has 0 bridgehead atoms. The normalized spacial score (nSPS) is 24.5. The van der Waals surface area contributed by atoms with Gasteiger partial charge < -0.3 is 29.9 Å². The predicted octanol–water partition coefficient (Wildman–Crippen LogP) is 2.53. The number of para-hydroxylation sites is 1. The fourth-order valence-electron chi connectivity index (χ4n) is 4.24. The second kappa shape index (κ2) is 12.3. The lowest BCUT2D eigenvalue weighted by Gasteiger charge is -2.28. The van der Waals surface area contributed by atoms with Crippen LogP contribution in [0.3, 0.4) is 0 Å². The summed E-state index contributed by atoms with van der Waals surface area (Å²) in [6, 6.07) is 11.9. The zero-order valence-corrected chi connectivity index (χ0v) is 24.6. The summed E-state index contributed by atoms with van der Waals surface area (Å²) < 4.78 is 37.8. The first-order valence-corrected chi connectivity index (χ1v) is 14.8. The van der Waals surface area contributed by atoms with Crippen molar-refractivity contribution >= 4 is 25.1 Å². The van der Waals surface area contributed by atoms with Crippen LogP contribution in [-0.2, 0) is 23.4 Å². The molecule has 1 aromatic carbocycles. The number of ether oxygens (including phenoxy) is 2. The fraction of sp³-hybridized carbons (Fsp3) is 0.481. The van der Waals surface area contributed by atoms with Gasteiger partial charge in [0.1, 0.15) is 54.6 Å². The number of rotatable bonds is 11. The number of carbonyl (C=O) groups is 1. The predicted molar refractivity (Wildman–Crippen MR) is 150 cm³/mol. The maximum atomic E-state index is 13.9. The monoisotopic (exact) mass is 602 g/mol. The van der Waals surface area contributed by atoms with Gasteiger partial charge in [-0.05, 0) is 43.0 Å².